The topological polar surface area (TPSA) is 66.5 Å². The lowest BCUT2D eigenvalue weighted by Gasteiger charge is -2.21. The summed E-state index contributed by atoms with van der Waals surface area (Å²) in [7, 11) is -3.31. The van der Waals surface area contributed by atoms with Crippen molar-refractivity contribution in [3.8, 4) is 11.1 Å². The molecule has 1 saturated carbocycles. The van der Waals surface area contributed by atoms with E-state index in [0.717, 1.165) is 11.8 Å². The standard InChI is InChI=1S/C24H28F2N2O3S/c1-15-10-12-28(13-11-22(15)27-32(2,30)31)24(29)19-14-18(19)16-6-3-4-7-17(16)23-20(25)8-5-9-21(23)26/h3-9,15,18-19,22,27H,10-14H2,1-2H3. The summed E-state index contributed by atoms with van der Waals surface area (Å²) in [5, 5.41) is 0. The number of halogens is 2. The molecule has 1 saturated heterocycles. The van der Waals surface area contributed by atoms with E-state index in [-0.39, 0.29) is 35.3 Å². The minimum atomic E-state index is -3.31. The summed E-state index contributed by atoms with van der Waals surface area (Å²) in [5.41, 5.74) is 1.22. The monoisotopic (exact) mass is 462 g/mol. The van der Waals surface area contributed by atoms with E-state index in [1.54, 1.807) is 12.1 Å². The van der Waals surface area contributed by atoms with Gasteiger partial charge in [-0.15, -0.1) is 0 Å². The minimum Gasteiger partial charge on any atom is -0.342 e. The van der Waals surface area contributed by atoms with E-state index in [1.165, 1.54) is 18.2 Å². The average Bonchev–Trinajstić information content (AvgIpc) is 3.53. The number of rotatable bonds is 5. The normalized spacial score (nSPS) is 25.9. The quantitative estimate of drug-likeness (QED) is 0.733. The zero-order chi connectivity index (χ0) is 23.0. The molecule has 2 aromatic rings. The molecule has 172 valence electrons. The molecule has 0 spiro atoms. The number of benzene rings is 2. The van der Waals surface area contributed by atoms with Gasteiger partial charge in [-0.1, -0.05) is 37.3 Å². The van der Waals surface area contributed by atoms with Crippen LogP contribution in [0.5, 0.6) is 0 Å². The number of likely N-dealkylation sites (tertiary alicyclic amines) is 1. The van der Waals surface area contributed by atoms with Crippen molar-refractivity contribution in [1.29, 1.82) is 0 Å². The van der Waals surface area contributed by atoms with Crippen molar-refractivity contribution in [1.82, 2.24) is 9.62 Å². The van der Waals surface area contributed by atoms with Gasteiger partial charge in [-0.25, -0.2) is 21.9 Å². The molecular weight excluding hydrogens is 434 g/mol. The molecule has 4 unspecified atom stereocenters. The first kappa shape index (κ1) is 22.9. The summed E-state index contributed by atoms with van der Waals surface area (Å²) < 4.78 is 54.8. The molecule has 2 fully saturated rings. The molecule has 4 rings (SSSR count). The number of carbonyl (C=O) groups is 1. The second-order valence-electron chi connectivity index (χ2n) is 9.01. The Bertz CT molecular complexity index is 1100. The third-order valence-corrected chi connectivity index (χ3v) is 7.36. The Morgan fingerprint density at radius 3 is 2.38 bits per heavy atom. The molecule has 5 nitrogen and oxygen atoms in total. The number of carbonyl (C=O) groups excluding carboxylic acids is 1. The molecule has 2 aromatic carbocycles. The van der Waals surface area contributed by atoms with Crippen molar-refractivity contribution >= 4 is 15.9 Å². The molecular formula is C24H28F2N2O3S. The first-order valence-electron chi connectivity index (χ1n) is 10.9. The van der Waals surface area contributed by atoms with Gasteiger partial charge in [0.1, 0.15) is 11.6 Å². The van der Waals surface area contributed by atoms with Crippen LogP contribution in [-0.4, -0.2) is 44.6 Å². The Hall–Kier alpha value is -2.32. The maximum atomic E-state index is 14.4. The minimum absolute atomic E-state index is 0.0333. The van der Waals surface area contributed by atoms with Gasteiger partial charge in [-0.2, -0.15) is 0 Å². The van der Waals surface area contributed by atoms with Crippen molar-refractivity contribution in [3.05, 3.63) is 59.7 Å². The van der Waals surface area contributed by atoms with Crippen LogP contribution < -0.4 is 4.72 Å². The zero-order valence-corrected chi connectivity index (χ0v) is 19.0. The van der Waals surface area contributed by atoms with E-state index in [9.17, 15) is 22.0 Å². The fraction of sp³-hybridized carbons (Fsp3) is 0.458. The molecule has 32 heavy (non-hydrogen) atoms. The number of amides is 1. The van der Waals surface area contributed by atoms with Crippen LogP contribution in [0.4, 0.5) is 8.78 Å². The van der Waals surface area contributed by atoms with Crippen molar-refractivity contribution in [2.45, 2.75) is 38.1 Å². The Morgan fingerprint density at radius 2 is 1.69 bits per heavy atom. The highest BCUT2D eigenvalue weighted by Crippen LogP contribution is 2.51. The van der Waals surface area contributed by atoms with Gasteiger partial charge in [0.25, 0.3) is 0 Å². The molecule has 1 aliphatic heterocycles. The van der Waals surface area contributed by atoms with Gasteiger partial charge < -0.3 is 4.90 Å². The summed E-state index contributed by atoms with van der Waals surface area (Å²) in [4.78, 5) is 15.0. The molecule has 1 amide bonds. The predicted octanol–water partition coefficient (Wildman–Crippen LogP) is 3.91. The van der Waals surface area contributed by atoms with Crippen molar-refractivity contribution < 1.29 is 22.0 Å². The van der Waals surface area contributed by atoms with Gasteiger partial charge in [0.2, 0.25) is 15.9 Å². The van der Waals surface area contributed by atoms with Gasteiger partial charge in [-0.05, 0) is 54.4 Å². The van der Waals surface area contributed by atoms with Gasteiger partial charge >= 0.3 is 0 Å². The summed E-state index contributed by atoms with van der Waals surface area (Å²) in [6.45, 7) is 3.06. The van der Waals surface area contributed by atoms with E-state index in [2.05, 4.69) is 4.72 Å². The van der Waals surface area contributed by atoms with Crippen LogP contribution in [0.2, 0.25) is 0 Å². The van der Waals surface area contributed by atoms with Crippen LogP contribution in [0, 0.1) is 23.5 Å². The lowest BCUT2D eigenvalue weighted by Crippen LogP contribution is -2.39. The highest BCUT2D eigenvalue weighted by Gasteiger charge is 2.47. The third-order valence-electron chi connectivity index (χ3n) is 6.63. The zero-order valence-electron chi connectivity index (χ0n) is 18.2. The molecule has 0 bridgehead atoms. The fourth-order valence-corrected chi connectivity index (χ4v) is 5.67. The van der Waals surface area contributed by atoms with Crippen molar-refractivity contribution in [2.75, 3.05) is 19.3 Å². The molecule has 1 aliphatic carbocycles. The van der Waals surface area contributed by atoms with E-state index in [0.29, 0.717) is 37.9 Å². The van der Waals surface area contributed by atoms with E-state index < -0.39 is 21.7 Å². The lowest BCUT2D eigenvalue weighted by molar-refractivity contribution is -0.132. The molecule has 4 atom stereocenters. The highest BCUT2D eigenvalue weighted by molar-refractivity contribution is 7.88. The molecule has 0 aromatic heterocycles. The van der Waals surface area contributed by atoms with Crippen LogP contribution in [-0.2, 0) is 14.8 Å². The van der Waals surface area contributed by atoms with E-state index >= 15 is 0 Å². The Balaban J connectivity index is 1.50. The summed E-state index contributed by atoms with van der Waals surface area (Å²) >= 11 is 0. The van der Waals surface area contributed by atoms with Gasteiger partial charge in [0.15, 0.2) is 0 Å². The van der Waals surface area contributed by atoms with Crippen molar-refractivity contribution in [3.63, 3.8) is 0 Å². The first-order chi connectivity index (χ1) is 15.2. The molecule has 8 heteroatoms. The number of nitrogens with zero attached hydrogens (tertiary/aromatic N) is 1. The van der Waals surface area contributed by atoms with Crippen LogP contribution in [0.3, 0.4) is 0 Å². The lowest BCUT2D eigenvalue weighted by atomic mass is 9.95. The largest absolute Gasteiger partial charge is 0.342 e. The SMILES string of the molecule is CC1CCN(C(=O)C2CC2c2ccccc2-c2c(F)cccc2F)CCC1NS(C)(=O)=O. The highest BCUT2D eigenvalue weighted by atomic mass is 32.2. The van der Waals surface area contributed by atoms with Gasteiger partial charge in [0, 0.05) is 25.0 Å². The second-order valence-corrected chi connectivity index (χ2v) is 10.8. The molecule has 0 radical (unpaired) electrons. The van der Waals surface area contributed by atoms with Crippen molar-refractivity contribution in [2.24, 2.45) is 11.8 Å². The number of sulfonamides is 1. The van der Waals surface area contributed by atoms with Crippen LogP contribution in [0.15, 0.2) is 42.5 Å². The van der Waals surface area contributed by atoms with Crippen LogP contribution >= 0.6 is 0 Å². The smallest absolute Gasteiger partial charge is 0.226 e. The molecule has 1 N–H and O–H groups in total. The summed E-state index contributed by atoms with van der Waals surface area (Å²) in [6, 6.07) is 10.7. The number of nitrogens with one attached hydrogen (secondary N) is 1. The van der Waals surface area contributed by atoms with E-state index in [4.69, 9.17) is 0 Å². The second kappa shape index (κ2) is 8.90. The predicted molar refractivity (Wildman–Crippen MR) is 119 cm³/mol. The van der Waals surface area contributed by atoms with Gasteiger partial charge in [-0.3, -0.25) is 4.79 Å². The summed E-state index contributed by atoms with van der Waals surface area (Å²) in [6.07, 6.45) is 3.07. The Morgan fingerprint density at radius 1 is 1.03 bits per heavy atom. The molecule has 1 heterocycles. The van der Waals surface area contributed by atoms with Gasteiger partial charge in [0.05, 0.1) is 11.8 Å². The maximum absolute atomic E-state index is 14.4. The van der Waals surface area contributed by atoms with Crippen LogP contribution in [0.25, 0.3) is 11.1 Å². The molecule has 2 aliphatic rings. The third kappa shape index (κ3) is 4.86. The van der Waals surface area contributed by atoms with Crippen LogP contribution in [0.1, 0.15) is 37.7 Å². The Labute approximate surface area is 187 Å². The first-order valence-corrected chi connectivity index (χ1v) is 12.8. The maximum Gasteiger partial charge on any atom is 0.226 e. The summed E-state index contributed by atoms with van der Waals surface area (Å²) in [5.74, 6) is -1.38. The Kier molecular flexibility index (Phi) is 6.36. The van der Waals surface area contributed by atoms with E-state index in [1.807, 2.05) is 24.0 Å². The average molecular weight is 463 g/mol. The number of hydrogen-bond donors (Lipinski definition) is 1. The fourth-order valence-electron chi connectivity index (χ4n) is 4.77. The number of hydrogen-bond acceptors (Lipinski definition) is 3.